The number of hydrogen-bond donors (Lipinski definition) is 2. The normalized spacial score (nSPS) is 14.2. The number of ether oxygens (including phenoxy) is 2. The second kappa shape index (κ2) is 12.6. The predicted octanol–water partition coefficient (Wildman–Crippen LogP) is 2.71. The zero-order valence-electron chi connectivity index (χ0n) is 18.3. The molecule has 0 aliphatic carbocycles. The van der Waals surface area contributed by atoms with Crippen molar-refractivity contribution in [2.75, 3.05) is 39.9 Å². The Balaban J connectivity index is 0.000000534. The molecular weight excluding hydrogens is 419 g/mol. The van der Waals surface area contributed by atoms with Gasteiger partial charge in [0.25, 0.3) is 0 Å². The van der Waals surface area contributed by atoms with Crippen molar-refractivity contribution in [2.24, 2.45) is 0 Å². The van der Waals surface area contributed by atoms with Gasteiger partial charge < -0.3 is 19.7 Å². The number of carbonyl (C=O) groups is 2. The van der Waals surface area contributed by atoms with Gasteiger partial charge in [-0.2, -0.15) is 0 Å². The summed E-state index contributed by atoms with van der Waals surface area (Å²) in [6.45, 7) is 8.01. The molecule has 3 rings (SSSR count). The molecule has 0 amide bonds. The summed E-state index contributed by atoms with van der Waals surface area (Å²) in [4.78, 5) is 22.9. The first kappa shape index (κ1) is 25.1. The van der Waals surface area contributed by atoms with Gasteiger partial charge in [-0.05, 0) is 30.7 Å². The monoisotopic (exact) mass is 448 g/mol. The molecule has 0 spiro atoms. The van der Waals surface area contributed by atoms with Crippen molar-refractivity contribution in [1.82, 2.24) is 9.80 Å². The van der Waals surface area contributed by atoms with E-state index < -0.39 is 11.9 Å². The number of hydrogen-bond acceptors (Lipinski definition) is 6. The van der Waals surface area contributed by atoms with Crippen molar-refractivity contribution in [3.8, 4) is 11.5 Å². The average molecular weight is 448 g/mol. The molecule has 0 saturated carbocycles. The summed E-state index contributed by atoms with van der Waals surface area (Å²) in [6.07, 6.45) is 0. The highest BCUT2D eigenvalue weighted by Gasteiger charge is 2.18. The maximum absolute atomic E-state index is 13.8. The van der Waals surface area contributed by atoms with Crippen LogP contribution in [0.4, 0.5) is 4.39 Å². The number of halogens is 1. The minimum atomic E-state index is -1.82. The Hall–Kier alpha value is -3.17. The molecule has 8 nitrogen and oxygen atoms in total. The molecule has 32 heavy (non-hydrogen) atoms. The zero-order valence-corrected chi connectivity index (χ0v) is 18.3. The van der Waals surface area contributed by atoms with Crippen molar-refractivity contribution in [3.05, 3.63) is 59.4 Å². The van der Waals surface area contributed by atoms with Gasteiger partial charge in [0.1, 0.15) is 5.82 Å². The van der Waals surface area contributed by atoms with Crippen LogP contribution in [0.3, 0.4) is 0 Å². The molecule has 1 aliphatic rings. The summed E-state index contributed by atoms with van der Waals surface area (Å²) in [5.41, 5.74) is 1.99. The van der Waals surface area contributed by atoms with Gasteiger partial charge in [0.2, 0.25) is 0 Å². The summed E-state index contributed by atoms with van der Waals surface area (Å²) in [6, 6.07) is 13.2. The third-order valence-electron chi connectivity index (χ3n) is 4.93. The van der Waals surface area contributed by atoms with Gasteiger partial charge >= 0.3 is 11.9 Å². The van der Waals surface area contributed by atoms with E-state index in [0.717, 1.165) is 49.8 Å². The highest BCUT2D eigenvalue weighted by atomic mass is 19.1. The van der Waals surface area contributed by atoms with E-state index in [1.54, 1.807) is 13.2 Å². The van der Waals surface area contributed by atoms with Crippen molar-refractivity contribution in [2.45, 2.75) is 20.0 Å². The topological polar surface area (TPSA) is 99.5 Å². The third kappa shape index (κ3) is 7.82. The molecular formula is C23H29FN2O6. The van der Waals surface area contributed by atoms with Crippen LogP contribution >= 0.6 is 0 Å². The molecule has 0 bridgehead atoms. The Morgan fingerprint density at radius 2 is 1.53 bits per heavy atom. The first-order valence-corrected chi connectivity index (χ1v) is 10.3. The predicted molar refractivity (Wildman–Crippen MR) is 116 cm³/mol. The summed E-state index contributed by atoms with van der Waals surface area (Å²) < 4.78 is 24.8. The molecule has 1 fully saturated rings. The number of benzene rings is 2. The average Bonchev–Trinajstić information content (AvgIpc) is 2.77. The molecule has 1 aliphatic heterocycles. The van der Waals surface area contributed by atoms with Gasteiger partial charge in [0.15, 0.2) is 11.5 Å². The summed E-state index contributed by atoms with van der Waals surface area (Å²) >= 11 is 0. The number of carboxylic acid groups (broad SMARTS) is 2. The Kier molecular flexibility index (Phi) is 9.90. The molecule has 2 N–H and O–H groups in total. The maximum Gasteiger partial charge on any atom is 0.414 e. The quantitative estimate of drug-likeness (QED) is 0.624. The van der Waals surface area contributed by atoms with Gasteiger partial charge in [0.05, 0.1) is 13.7 Å². The molecule has 1 heterocycles. The van der Waals surface area contributed by atoms with Crippen LogP contribution in [0.25, 0.3) is 0 Å². The van der Waals surface area contributed by atoms with Gasteiger partial charge in [0, 0.05) is 44.8 Å². The fourth-order valence-electron chi connectivity index (χ4n) is 3.32. The second-order valence-corrected chi connectivity index (χ2v) is 7.17. The van der Waals surface area contributed by atoms with Crippen molar-refractivity contribution >= 4 is 11.9 Å². The van der Waals surface area contributed by atoms with E-state index in [0.29, 0.717) is 13.2 Å². The van der Waals surface area contributed by atoms with E-state index in [2.05, 4.69) is 21.9 Å². The lowest BCUT2D eigenvalue weighted by molar-refractivity contribution is -0.159. The molecule has 2 aromatic carbocycles. The van der Waals surface area contributed by atoms with Gasteiger partial charge in [-0.15, -0.1) is 0 Å². The number of carboxylic acids is 2. The molecule has 174 valence electrons. The zero-order chi connectivity index (χ0) is 23.5. The van der Waals surface area contributed by atoms with Crippen LogP contribution in [-0.4, -0.2) is 71.8 Å². The van der Waals surface area contributed by atoms with Gasteiger partial charge in [-0.3, -0.25) is 9.80 Å². The maximum atomic E-state index is 13.8. The molecule has 1 saturated heterocycles. The van der Waals surface area contributed by atoms with Crippen LogP contribution in [-0.2, 0) is 22.7 Å². The first-order valence-electron chi connectivity index (χ1n) is 10.3. The van der Waals surface area contributed by atoms with Crippen LogP contribution in [0, 0.1) is 5.82 Å². The second-order valence-electron chi connectivity index (χ2n) is 7.17. The van der Waals surface area contributed by atoms with E-state index in [1.165, 1.54) is 11.6 Å². The summed E-state index contributed by atoms with van der Waals surface area (Å²) in [5, 5.41) is 14.8. The van der Waals surface area contributed by atoms with Gasteiger partial charge in [-0.25, -0.2) is 14.0 Å². The number of methoxy groups -OCH3 is 1. The highest BCUT2D eigenvalue weighted by molar-refractivity contribution is 6.27. The lowest BCUT2D eigenvalue weighted by atomic mass is 10.1. The van der Waals surface area contributed by atoms with Crippen LogP contribution in [0.2, 0.25) is 0 Å². The fourth-order valence-corrected chi connectivity index (χ4v) is 3.32. The third-order valence-corrected chi connectivity index (χ3v) is 4.93. The van der Waals surface area contributed by atoms with Crippen molar-refractivity contribution in [1.29, 1.82) is 0 Å². The largest absolute Gasteiger partial charge is 0.493 e. The Morgan fingerprint density at radius 1 is 0.938 bits per heavy atom. The van der Waals surface area contributed by atoms with E-state index >= 15 is 0 Å². The van der Waals surface area contributed by atoms with Gasteiger partial charge in [-0.1, -0.05) is 24.3 Å². The first-order chi connectivity index (χ1) is 15.3. The number of aliphatic carboxylic acids is 2. The molecule has 0 atom stereocenters. The lowest BCUT2D eigenvalue weighted by Crippen LogP contribution is -2.45. The van der Waals surface area contributed by atoms with Crippen LogP contribution in [0.15, 0.2) is 42.5 Å². The fraction of sp³-hybridized carbons (Fsp3) is 0.391. The van der Waals surface area contributed by atoms with Crippen LogP contribution < -0.4 is 9.47 Å². The van der Waals surface area contributed by atoms with E-state index in [4.69, 9.17) is 29.3 Å². The summed E-state index contributed by atoms with van der Waals surface area (Å²) in [7, 11) is 1.66. The SMILES string of the molecule is CCOc1cc(CN2CCN(Cc3ccccc3F)CC2)ccc1OC.O=C(O)C(=O)O. The number of piperazine rings is 1. The van der Waals surface area contributed by atoms with Crippen molar-refractivity contribution in [3.63, 3.8) is 0 Å². The Morgan fingerprint density at radius 3 is 2.06 bits per heavy atom. The van der Waals surface area contributed by atoms with E-state index in [-0.39, 0.29) is 5.82 Å². The number of nitrogens with zero attached hydrogens (tertiary/aromatic N) is 2. The lowest BCUT2D eigenvalue weighted by Gasteiger charge is -2.34. The minimum absolute atomic E-state index is 0.114. The Labute approximate surface area is 186 Å². The molecule has 9 heteroatoms. The minimum Gasteiger partial charge on any atom is -0.493 e. The Bertz CT molecular complexity index is 888. The van der Waals surface area contributed by atoms with E-state index in [9.17, 15) is 4.39 Å². The van der Waals surface area contributed by atoms with Crippen molar-refractivity contribution < 1.29 is 33.7 Å². The molecule has 0 radical (unpaired) electrons. The highest BCUT2D eigenvalue weighted by Crippen LogP contribution is 2.28. The molecule has 2 aromatic rings. The summed E-state index contributed by atoms with van der Waals surface area (Å²) in [5.74, 6) is -2.20. The number of rotatable bonds is 7. The smallest absolute Gasteiger partial charge is 0.414 e. The molecule has 0 unspecified atom stereocenters. The van der Waals surface area contributed by atoms with Crippen LogP contribution in [0.5, 0.6) is 11.5 Å². The standard InChI is InChI=1S/C21H27FN2O2.C2H2O4/c1-3-26-21-14-17(8-9-20(21)25-2)15-23-10-12-24(13-11-23)16-18-6-4-5-7-19(18)22;3-1(4)2(5)6/h4-9,14H,3,10-13,15-16H2,1-2H3;(H,3,4)(H,5,6). The van der Waals surface area contributed by atoms with Crippen LogP contribution in [0.1, 0.15) is 18.1 Å². The molecule has 0 aromatic heterocycles. The van der Waals surface area contributed by atoms with E-state index in [1.807, 2.05) is 25.1 Å².